The van der Waals surface area contributed by atoms with E-state index in [9.17, 15) is 4.79 Å². The summed E-state index contributed by atoms with van der Waals surface area (Å²) in [4.78, 5) is 15.0. The molecule has 2 aromatic rings. The fourth-order valence-corrected chi connectivity index (χ4v) is 3.96. The van der Waals surface area contributed by atoms with Gasteiger partial charge >= 0.3 is 0 Å². The molecule has 5 nitrogen and oxygen atoms in total. The number of ether oxygens (including phenoxy) is 1. The Labute approximate surface area is 161 Å². The van der Waals surface area contributed by atoms with Crippen LogP contribution >= 0.6 is 0 Å². The van der Waals surface area contributed by atoms with E-state index in [1.807, 2.05) is 12.1 Å². The van der Waals surface area contributed by atoms with Crippen LogP contribution in [0.3, 0.4) is 0 Å². The fourth-order valence-electron chi connectivity index (χ4n) is 3.96. The Balaban J connectivity index is 1.83. The summed E-state index contributed by atoms with van der Waals surface area (Å²) in [6.07, 6.45) is 1.26. The van der Waals surface area contributed by atoms with Crippen LogP contribution in [-0.4, -0.2) is 26.1 Å². The molecular formula is C22H29N3O2. The zero-order valence-corrected chi connectivity index (χ0v) is 16.6. The van der Waals surface area contributed by atoms with Gasteiger partial charge in [0.2, 0.25) is 0 Å². The molecule has 5 heteroatoms. The van der Waals surface area contributed by atoms with Gasteiger partial charge < -0.3 is 20.7 Å². The first kappa shape index (κ1) is 19.1. The second kappa shape index (κ2) is 7.91. The number of rotatable bonds is 4. The van der Waals surface area contributed by atoms with E-state index < -0.39 is 0 Å². The van der Waals surface area contributed by atoms with Crippen LogP contribution in [0.1, 0.15) is 36.2 Å². The van der Waals surface area contributed by atoms with Crippen LogP contribution in [-0.2, 0) is 0 Å². The Bertz CT molecular complexity index is 807. The maximum absolute atomic E-state index is 12.6. The first-order chi connectivity index (χ1) is 12.9. The Morgan fingerprint density at radius 3 is 2.37 bits per heavy atom. The number of anilines is 3. The molecule has 1 aliphatic heterocycles. The van der Waals surface area contributed by atoms with Crippen molar-refractivity contribution in [2.45, 2.75) is 27.2 Å². The SMILES string of the molecule is COc1ccc(C(=O)Nc2cc(N3C[C@H](C)C[C@H](C)C3)c(C)cc2N)cc1. The van der Waals surface area contributed by atoms with Crippen LogP contribution < -0.4 is 20.7 Å². The minimum atomic E-state index is -0.181. The van der Waals surface area contributed by atoms with Gasteiger partial charge in [0.25, 0.3) is 5.91 Å². The van der Waals surface area contributed by atoms with Crippen LogP contribution in [0.2, 0.25) is 0 Å². The second-order valence-electron chi connectivity index (χ2n) is 7.76. The number of hydrogen-bond acceptors (Lipinski definition) is 4. The molecule has 0 spiro atoms. The first-order valence-corrected chi connectivity index (χ1v) is 9.47. The zero-order chi connectivity index (χ0) is 19.6. The molecule has 1 fully saturated rings. The van der Waals surface area contributed by atoms with Crippen molar-refractivity contribution in [3.63, 3.8) is 0 Å². The monoisotopic (exact) mass is 367 g/mol. The Morgan fingerprint density at radius 1 is 1.15 bits per heavy atom. The molecule has 144 valence electrons. The standard InChI is InChI=1S/C22H29N3O2/c1-14-9-15(2)13-25(12-14)21-11-20(19(23)10-16(21)3)24-22(26)17-5-7-18(27-4)8-6-17/h5-8,10-11,14-15H,9,12-13,23H2,1-4H3,(H,24,26)/t14-,15+. The average molecular weight is 367 g/mol. The molecule has 0 saturated carbocycles. The van der Waals surface area contributed by atoms with Crippen LogP contribution in [0, 0.1) is 18.8 Å². The molecule has 3 N–H and O–H groups in total. The van der Waals surface area contributed by atoms with Crippen molar-refractivity contribution in [2.24, 2.45) is 11.8 Å². The molecule has 1 heterocycles. The topological polar surface area (TPSA) is 67.6 Å². The van der Waals surface area contributed by atoms with Gasteiger partial charge in [-0.1, -0.05) is 13.8 Å². The number of nitrogens with one attached hydrogen (secondary N) is 1. The van der Waals surface area contributed by atoms with Gasteiger partial charge in [0.15, 0.2) is 0 Å². The summed E-state index contributed by atoms with van der Waals surface area (Å²) in [6.45, 7) is 8.72. The van der Waals surface area contributed by atoms with E-state index in [1.54, 1.807) is 31.4 Å². The van der Waals surface area contributed by atoms with Gasteiger partial charge in [0.1, 0.15) is 5.75 Å². The van der Waals surface area contributed by atoms with Crippen molar-refractivity contribution in [1.82, 2.24) is 0 Å². The molecule has 27 heavy (non-hydrogen) atoms. The van der Waals surface area contributed by atoms with E-state index in [2.05, 4.69) is 31.0 Å². The highest BCUT2D eigenvalue weighted by molar-refractivity contribution is 6.06. The fraction of sp³-hybridized carbons (Fsp3) is 0.409. The molecule has 2 aromatic carbocycles. The molecule has 1 saturated heterocycles. The predicted octanol–water partition coefficient (Wildman–Crippen LogP) is 4.32. The lowest BCUT2D eigenvalue weighted by atomic mass is 9.91. The van der Waals surface area contributed by atoms with Gasteiger partial charge in [-0.15, -0.1) is 0 Å². The number of nitrogens with zero attached hydrogens (tertiary/aromatic N) is 1. The van der Waals surface area contributed by atoms with Crippen LogP contribution in [0.15, 0.2) is 36.4 Å². The highest BCUT2D eigenvalue weighted by Gasteiger charge is 2.24. The number of aryl methyl sites for hydroxylation is 1. The predicted molar refractivity (Wildman–Crippen MR) is 112 cm³/mol. The lowest BCUT2D eigenvalue weighted by molar-refractivity contribution is 0.102. The van der Waals surface area contributed by atoms with E-state index in [4.69, 9.17) is 10.5 Å². The van der Waals surface area contributed by atoms with Gasteiger partial charge in [0.05, 0.1) is 18.5 Å². The maximum Gasteiger partial charge on any atom is 0.255 e. The Hall–Kier alpha value is -2.69. The Morgan fingerprint density at radius 2 is 1.78 bits per heavy atom. The molecule has 0 radical (unpaired) electrons. The van der Waals surface area contributed by atoms with E-state index in [0.29, 0.717) is 28.8 Å². The third-order valence-electron chi connectivity index (χ3n) is 5.18. The number of carbonyl (C=O) groups excluding carboxylic acids is 1. The van der Waals surface area contributed by atoms with Gasteiger partial charge in [0, 0.05) is 24.3 Å². The molecule has 3 rings (SSSR count). The molecule has 1 amide bonds. The summed E-state index contributed by atoms with van der Waals surface area (Å²) in [5, 5.41) is 2.96. The minimum Gasteiger partial charge on any atom is -0.497 e. The first-order valence-electron chi connectivity index (χ1n) is 9.47. The van der Waals surface area contributed by atoms with Gasteiger partial charge in [-0.3, -0.25) is 4.79 Å². The minimum absolute atomic E-state index is 0.181. The van der Waals surface area contributed by atoms with Crippen molar-refractivity contribution >= 4 is 23.0 Å². The summed E-state index contributed by atoms with van der Waals surface area (Å²) in [5.41, 5.74) is 10.3. The average Bonchev–Trinajstić information content (AvgIpc) is 2.63. The second-order valence-corrected chi connectivity index (χ2v) is 7.76. The lowest BCUT2D eigenvalue weighted by Gasteiger charge is -2.37. The summed E-state index contributed by atoms with van der Waals surface area (Å²) in [6, 6.07) is 11.0. The highest BCUT2D eigenvalue weighted by Crippen LogP contribution is 2.33. The van der Waals surface area contributed by atoms with Crippen molar-refractivity contribution in [3.8, 4) is 5.75 Å². The van der Waals surface area contributed by atoms with Crippen molar-refractivity contribution in [1.29, 1.82) is 0 Å². The lowest BCUT2D eigenvalue weighted by Crippen LogP contribution is -2.39. The molecular weight excluding hydrogens is 338 g/mol. The number of amides is 1. The number of methoxy groups -OCH3 is 1. The maximum atomic E-state index is 12.6. The smallest absolute Gasteiger partial charge is 0.255 e. The molecule has 2 atom stereocenters. The summed E-state index contributed by atoms with van der Waals surface area (Å²) in [5.74, 6) is 1.85. The van der Waals surface area contributed by atoms with Crippen molar-refractivity contribution in [2.75, 3.05) is 36.1 Å². The quantitative estimate of drug-likeness (QED) is 0.790. The van der Waals surface area contributed by atoms with Crippen LogP contribution in [0.25, 0.3) is 0 Å². The molecule has 1 aliphatic rings. The van der Waals surface area contributed by atoms with E-state index in [1.165, 1.54) is 6.42 Å². The number of benzene rings is 2. The zero-order valence-electron chi connectivity index (χ0n) is 16.6. The van der Waals surface area contributed by atoms with Gasteiger partial charge in [-0.2, -0.15) is 0 Å². The number of nitrogens with two attached hydrogens (primary N) is 1. The van der Waals surface area contributed by atoms with Gasteiger partial charge in [-0.25, -0.2) is 0 Å². The van der Waals surface area contributed by atoms with E-state index in [0.717, 1.165) is 30.1 Å². The molecule has 0 aliphatic carbocycles. The molecule has 0 unspecified atom stereocenters. The molecule has 0 bridgehead atoms. The molecule has 0 aromatic heterocycles. The van der Waals surface area contributed by atoms with E-state index in [-0.39, 0.29) is 5.91 Å². The number of carbonyl (C=O) groups is 1. The van der Waals surface area contributed by atoms with Crippen LogP contribution in [0.4, 0.5) is 17.1 Å². The Kier molecular flexibility index (Phi) is 5.59. The largest absolute Gasteiger partial charge is 0.497 e. The number of piperidine rings is 1. The van der Waals surface area contributed by atoms with Gasteiger partial charge in [-0.05, 0) is 67.1 Å². The van der Waals surface area contributed by atoms with Crippen molar-refractivity contribution < 1.29 is 9.53 Å². The van der Waals surface area contributed by atoms with Crippen LogP contribution in [0.5, 0.6) is 5.75 Å². The third-order valence-corrected chi connectivity index (χ3v) is 5.18. The summed E-state index contributed by atoms with van der Waals surface area (Å²) < 4.78 is 5.14. The number of hydrogen-bond donors (Lipinski definition) is 2. The van der Waals surface area contributed by atoms with Crippen molar-refractivity contribution in [3.05, 3.63) is 47.5 Å². The number of nitrogen functional groups attached to an aromatic ring is 1. The normalized spacial score (nSPS) is 19.6. The summed E-state index contributed by atoms with van der Waals surface area (Å²) >= 11 is 0. The third kappa shape index (κ3) is 4.35. The van der Waals surface area contributed by atoms with E-state index >= 15 is 0 Å². The summed E-state index contributed by atoms with van der Waals surface area (Å²) in [7, 11) is 1.60. The highest BCUT2D eigenvalue weighted by atomic mass is 16.5.